The lowest BCUT2D eigenvalue weighted by molar-refractivity contribution is -0.00466. The normalized spacial score (nSPS) is 23.9. The molecule has 4 nitrogen and oxygen atoms in total. The number of anilines is 1. The Balaban J connectivity index is 2.17. The zero-order chi connectivity index (χ0) is 13.9. The Labute approximate surface area is 119 Å². The van der Waals surface area contributed by atoms with Gasteiger partial charge in [0.05, 0.1) is 22.8 Å². The molecule has 1 unspecified atom stereocenters. The van der Waals surface area contributed by atoms with Crippen LogP contribution >= 0.6 is 11.3 Å². The second-order valence-electron chi connectivity index (χ2n) is 5.45. The van der Waals surface area contributed by atoms with Crippen molar-refractivity contribution in [3.63, 3.8) is 0 Å². The molecule has 1 aromatic heterocycles. The van der Waals surface area contributed by atoms with Crippen LogP contribution in [0.4, 0.5) is 5.13 Å². The second kappa shape index (κ2) is 6.20. The highest BCUT2D eigenvalue weighted by Gasteiger charge is 2.32. The average Bonchev–Trinajstić information content (AvgIpc) is 2.82. The maximum absolute atomic E-state index is 9.43. The van der Waals surface area contributed by atoms with Crippen molar-refractivity contribution in [3.05, 3.63) is 10.6 Å². The lowest BCUT2D eigenvalue weighted by Crippen LogP contribution is -2.47. The molecule has 1 aliphatic heterocycles. The van der Waals surface area contributed by atoms with E-state index in [1.54, 1.807) is 18.4 Å². The molecule has 108 valence electrons. The van der Waals surface area contributed by atoms with Gasteiger partial charge in [-0.05, 0) is 26.2 Å². The van der Waals surface area contributed by atoms with E-state index < -0.39 is 0 Å². The molecule has 0 amide bonds. The number of aliphatic hydroxyl groups excluding tert-OH is 1. The van der Waals surface area contributed by atoms with Gasteiger partial charge in [0.15, 0.2) is 5.13 Å². The smallest absolute Gasteiger partial charge is 0.185 e. The van der Waals surface area contributed by atoms with Gasteiger partial charge in [0.25, 0.3) is 0 Å². The first-order valence-electron chi connectivity index (χ1n) is 7.01. The fraction of sp³-hybridized carbons (Fsp3) is 0.786. The Kier molecular flexibility index (Phi) is 4.81. The fourth-order valence-electron chi connectivity index (χ4n) is 2.60. The van der Waals surface area contributed by atoms with Gasteiger partial charge >= 0.3 is 0 Å². The summed E-state index contributed by atoms with van der Waals surface area (Å²) in [4.78, 5) is 8.04. The van der Waals surface area contributed by atoms with Gasteiger partial charge in [0.2, 0.25) is 0 Å². The minimum Gasteiger partial charge on any atom is -0.391 e. The first-order valence-corrected chi connectivity index (χ1v) is 7.83. The molecule has 2 heterocycles. The largest absolute Gasteiger partial charge is 0.391 e. The van der Waals surface area contributed by atoms with E-state index in [4.69, 9.17) is 9.72 Å². The predicted octanol–water partition coefficient (Wildman–Crippen LogP) is 2.59. The van der Waals surface area contributed by atoms with Gasteiger partial charge in [-0.3, -0.25) is 0 Å². The van der Waals surface area contributed by atoms with Crippen LogP contribution in [-0.4, -0.2) is 35.9 Å². The zero-order valence-corrected chi connectivity index (χ0v) is 12.9. The number of methoxy groups -OCH3 is 1. The minimum absolute atomic E-state index is 0.0752. The topological polar surface area (TPSA) is 45.6 Å². The van der Waals surface area contributed by atoms with Crippen LogP contribution in [0.5, 0.6) is 0 Å². The summed E-state index contributed by atoms with van der Waals surface area (Å²) in [6.07, 6.45) is 4.23. The number of aliphatic hydroxyl groups is 1. The fourth-order valence-corrected chi connectivity index (χ4v) is 3.59. The summed E-state index contributed by atoms with van der Waals surface area (Å²) >= 11 is 1.63. The monoisotopic (exact) mass is 284 g/mol. The van der Waals surface area contributed by atoms with E-state index in [0.717, 1.165) is 54.5 Å². The van der Waals surface area contributed by atoms with Gasteiger partial charge in [0.1, 0.15) is 0 Å². The van der Waals surface area contributed by atoms with Crippen molar-refractivity contribution in [1.29, 1.82) is 0 Å². The molecule has 1 saturated heterocycles. The Hall–Kier alpha value is -0.650. The van der Waals surface area contributed by atoms with E-state index in [9.17, 15) is 5.11 Å². The number of nitrogens with zero attached hydrogens (tertiary/aromatic N) is 2. The number of hydrogen-bond acceptors (Lipinski definition) is 5. The molecule has 1 N–H and O–H groups in total. The zero-order valence-electron chi connectivity index (χ0n) is 12.1. The lowest BCUT2D eigenvalue weighted by Gasteiger charge is -2.39. The van der Waals surface area contributed by atoms with Crippen LogP contribution in [-0.2, 0) is 17.8 Å². The third-order valence-corrected chi connectivity index (χ3v) is 4.96. The minimum atomic E-state index is -0.0752. The summed E-state index contributed by atoms with van der Waals surface area (Å²) in [7, 11) is 1.78. The Morgan fingerprint density at radius 2 is 2.32 bits per heavy atom. The summed E-state index contributed by atoms with van der Waals surface area (Å²) in [6.45, 7) is 6.31. The number of aromatic nitrogens is 1. The average molecular weight is 284 g/mol. The van der Waals surface area contributed by atoms with Gasteiger partial charge in [-0.25, -0.2) is 4.98 Å². The van der Waals surface area contributed by atoms with Crippen LogP contribution in [0.1, 0.15) is 43.7 Å². The van der Waals surface area contributed by atoms with Crippen LogP contribution in [0.25, 0.3) is 0 Å². The molecule has 0 radical (unpaired) electrons. The van der Waals surface area contributed by atoms with Crippen LogP contribution in [0, 0.1) is 0 Å². The lowest BCUT2D eigenvalue weighted by atomic mass is 9.95. The molecular formula is C14H24N2O2S. The van der Waals surface area contributed by atoms with Crippen LogP contribution in [0.2, 0.25) is 0 Å². The Morgan fingerprint density at radius 3 is 2.95 bits per heavy atom. The third-order valence-electron chi connectivity index (χ3n) is 3.82. The number of hydrogen-bond donors (Lipinski definition) is 1. The van der Waals surface area contributed by atoms with Crippen LogP contribution in [0.3, 0.4) is 0 Å². The van der Waals surface area contributed by atoms with Crippen molar-refractivity contribution in [2.45, 2.75) is 51.7 Å². The first-order chi connectivity index (χ1) is 9.11. The summed E-state index contributed by atoms with van der Waals surface area (Å²) in [5.41, 5.74) is 0.989. The molecule has 1 fully saturated rings. The summed E-state index contributed by atoms with van der Waals surface area (Å²) in [5, 5.41) is 10.5. The van der Waals surface area contributed by atoms with Crippen molar-refractivity contribution >= 4 is 16.5 Å². The molecule has 0 bridgehead atoms. The Morgan fingerprint density at radius 1 is 1.53 bits per heavy atom. The molecule has 1 aliphatic rings. The molecule has 1 aromatic rings. The van der Waals surface area contributed by atoms with Gasteiger partial charge in [-0.1, -0.05) is 24.7 Å². The van der Waals surface area contributed by atoms with Crippen LogP contribution < -0.4 is 4.90 Å². The Bertz CT molecular complexity index is 422. The van der Waals surface area contributed by atoms with Gasteiger partial charge < -0.3 is 14.7 Å². The second-order valence-corrected chi connectivity index (χ2v) is 6.52. The molecule has 19 heavy (non-hydrogen) atoms. The molecule has 0 aliphatic carbocycles. The summed E-state index contributed by atoms with van der Waals surface area (Å²) < 4.78 is 5.63. The number of piperidine rings is 1. The van der Waals surface area contributed by atoms with E-state index >= 15 is 0 Å². The van der Waals surface area contributed by atoms with E-state index in [2.05, 4.69) is 18.7 Å². The number of rotatable bonds is 5. The van der Waals surface area contributed by atoms with E-state index in [1.807, 2.05) is 0 Å². The van der Waals surface area contributed by atoms with Crippen molar-refractivity contribution < 1.29 is 9.84 Å². The summed E-state index contributed by atoms with van der Waals surface area (Å²) in [6, 6.07) is 0. The van der Waals surface area contributed by atoms with Crippen molar-refractivity contribution in [2.75, 3.05) is 25.1 Å². The predicted molar refractivity (Wildman–Crippen MR) is 78.9 cm³/mol. The van der Waals surface area contributed by atoms with E-state index in [0.29, 0.717) is 0 Å². The quantitative estimate of drug-likeness (QED) is 0.903. The van der Waals surface area contributed by atoms with E-state index in [-0.39, 0.29) is 12.2 Å². The summed E-state index contributed by atoms with van der Waals surface area (Å²) in [5.74, 6) is 0. The standard InChI is InChI=1S/C14H24N2O2S/c1-4-6-11-12(9-17)19-13(15-11)16-8-5-7-14(2,10-16)18-3/h17H,4-10H2,1-3H3. The van der Waals surface area contributed by atoms with Gasteiger partial charge in [-0.2, -0.15) is 0 Å². The van der Waals surface area contributed by atoms with Crippen LogP contribution in [0.15, 0.2) is 0 Å². The molecule has 0 spiro atoms. The first kappa shape index (κ1) is 14.8. The number of ether oxygens (including phenoxy) is 1. The third kappa shape index (κ3) is 3.27. The van der Waals surface area contributed by atoms with Gasteiger partial charge in [0, 0.05) is 20.2 Å². The molecule has 0 saturated carbocycles. The highest BCUT2D eigenvalue weighted by molar-refractivity contribution is 7.15. The highest BCUT2D eigenvalue weighted by Crippen LogP contribution is 2.32. The molecular weight excluding hydrogens is 260 g/mol. The molecule has 2 rings (SSSR count). The van der Waals surface area contributed by atoms with Crippen molar-refractivity contribution in [2.24, 2.45) is 0 Å². The molecule has 0 aromatic carbocycles. The number of aryl methyl sites for hydroxylation is 1. The van der Waals surface area contributed by atoms with Crippen molar-refractivity contribution in [3.8, 4) is 0 Å². The van der Waals surface area contributed by atoms with Crippen molar-refractivity contribution in [1.82, 2.24) is 4.98 Å². The molecule has 5 heteroatoms. The molecule has 1 atom stereocenters. The highest BCUT2D eigenvalue weighted by atomic mass is 32.1. The maximum Gasteiger partial charge on any atom is 0.185 e. The SMILES string of the molecule is CCCc1nc(N2CCCC(C)(OC)C2)sc1CO. The maximum atomic E-state index is 9.43. The number of thiazole rings is 1. The van der Waals surface area contributed by atoms with E-state index in [1.165, 1.54) is 0 Å². The van der Waals surface area contributed by atoms with Gasteiger partial charge in [-0.15, -0.1) is 0 Å².